The lowest BCUT2D eigenvalue weighted by atomic mass is 9.79. The zero-order valence-corrected chi connectivity index (χ0v) is 11.4. The van der Waals surface area contributed by atoms with Crippen LogP contribution in [0.3, 0.4) is 0 Å². The number of nitrogens with zero attached hydrogens (tertiary/aromatic N) is 2. The van der Waals surface area contributed by atoms with Crippen LogP contribution in [0.25, 0.3) is 0 Å². The maximum Gasteiger partial charge on any atom is 0.147 e. The first kappa shape index (κ1) is 13.5. The molecule has 0 radical (unpaired) electrons. The largest absolute Gasteiger partial charge is 0.298 e. The summed E-state index contributed by atoms with van der Waals surface area (Å²) in [6, 6.07) is 6.09. The molecule has 0 saturated carbocycles. The molecule has 0 atom stereocenters. The number of Topliss-reactive ketones (excluding diaryl/α,β-unsaturated/α-hetero) is 1. The van der Waals surface area contributed by atoms with Gasteiger partial charge in [-0.1, -0.05) is 12.1 Å². The average molecular weight is 260 g/mol. The Labute approximate surface area is 112 Å². The van der Waals surface area contributed by atoms with E-state index in [4.69, 9.17) is 0 Å². The van der Waals surface area contributed by atoms with Gasteiger partial charge < -0.3 is 0 Å². The van der Waals surface area contributed by atoms with Crippen LogP contribution in [0.5, 0.6) is 0 Å². The van der Waals surface area contributed by atoms with E-state index in [2.05, 4.69) is 5.10 Å². The summed E-state index contributed by atoms with van der Waals surface area (Å²) in [7, 11) is 1.82. The molecule has 100 valence electrons. The summed E-state index contributed by atoms with van der Waals surface area (Å²) < 4.78 is 14.6. The summed E-state index contributed by atoms with van der Waals surface area (Å²) in [5, 5.41) is 4.05. The Morgan fingerprint density at radius 1 is 1.32 bits per heavy atom. The van der Waals surface area contributed by atoms with E-state index in [0.717, 1.165) is 11.1 Å². The molecule has 0 spiro atoms. The van der Waals surface area contributed by atoms with Crippen LogP contribution >= 0.6 is 0 Å². The monoisotopic (exact) mass is 260 g/mol. The van der Waals surface area contributed by atoms with E-state index < -0.39 is 5.41 Å². The summed E-state index contributed by atoms with van der Waals surface area (Å²) in [4.78, 5) is 12.4. The van der Waals surface area contributed by atoms with Gasteiger partial charge in [0.05, 0.1) is 6.20 Å². The van der Waals surface area contributed by atoms with Crippen molar-refractivity contribution in [1.82, 2.24) is 9.78 Å². The fourth-order valence-corrected chi connectivity index (χ4v) is 2.00. The number of aromatic nitrogens is 2. The van der Waals surface area contributed by atoms with Crippen LogP contribution in [0, 0.1) is 5.82 Å². The number of carbonyl (C=O) groups excluding carboxylic acids is 1. The van der Waals surface area contributed by atoms with Crippen molar-refractivity contribution < 1.29 is 9.18 Å². The first-order valence-corrected chi connectivity index (χ1v) is 6.16. The Kier molecular flexibility index (Phi) is 3.51. The Bertz CT molecular complexity index is 584. The van der Waals surface area contributed by atoms with Gasteiger partial charge in [-0.15, -0.1) is 0 Å². The molecule has 0 fully saturated rings. The van der Waals surface area contributed by atoms with E-state index in [0.29, 0.717) is 6.42 Å². The molecule has 0 N–H and O–H groups in total. The van der Waals surface area contributed by atoms with Gasteiger partial charge in [0.15, 0.2) is 0 Å². The minimum atomic E-state index is -0.635. The summed E-state index contributed by atoms with van der Waals surface area (Å²) in [5.41, 5.74) is 1.08. The Hall–Kier alpha value is -1.97. The number of hydrogen-bond donors (Lipinski definition) is 0. The molecule has 4 heteroatoms. The molecule has 1 aromatic carbocycles. The molecule has 2 rings (SSSR count). The molecule has 0 aliphatic carbocycles. The Morgan fingerprint density at radius 3 is 2.47 bits per heavy atom. The lowest BCUT2D eigenvalue weighted by Crippen LogP contribution is -2.30. The number of benzene rings is 1. The van der Waals surface area contributed by atoms with Crippen LogP contribution in [-0.4, -0.2) is 15.6 Å². The standard InChI is InChI=1S/C15H17FN2O/c1-15(2,12-4-6-13(16)7-5-12)14(19)8-11-9-17-18(3)10-11/h4-7,9-10H,8H2,1-3H3. The molecule has 0 aliphatic rings. The minimum Gasteiger partial charge on any atom is -0.298 e. The van der Waals surface area contributed by atoms with Gasteiger partial charge in [-0.25, -0.2) is 4.39 Å². The predicted octanol–water partition coefficient (Wildman–Crippen LogP) is 2.65. The summed E-state index contributed by atoms with van der Waals surface area (Å²) in [5.74, 6) is -0.202. The lowest BCUT2D eigenvalue weighted by molar-refractivity contribution is -0.122. The number of ketones is 1. The summed E-state index contributed by atoms with van der Waals surface area (Å²) >= 11 is 0. The van der Waals surface area contributed by atoms with Gasteiger partial charge in [0, 0.05) is 25.1 Å². The Morgan fingerprint density at radius 2 is 1.95 bits per heavy atom. The van der Waals surface area contributed by atoms with E-state index in [1.54, 1.807) is 23.0 Å². The molecule has 0 saturated heterocycles. The van der Waals surface area contributed by atoms with Crippen molar-refractivity contribution in [3.8, 4) is 0 Å². The first-order valence-electron chi connectivity index (χ1n) is 6.16. The fraction of sp³-hybridized carbons (Fsp3) is 0.333. The van der Waals surface area contributed by atoms with E-state index in [9.17, 15) is 9.18 Å². The normalized spacial score (nSPS) is 11.6. The molecule has 0 aliphatic heterocycles. The van der Waals surface area contributed by atoms with Gasteiger partial charge in [0.25, 0.3) is 0 Å². The number of rotatable bonds is 4. The van der Waals surface area contributed by atoms with Gasteiger partial charge in [0.1, 0.15) is 11.6 Å². The van der Waals surface area contributed by atoms with Crippen molar-refractivity contribution >= 4 is 5.78 Å². The van der Waals surface area contributed by atoms with Crippen molar-refractivity contribution in [2.45, 2.75) is 25.7 Å². The van der Waals surface area contributed by atoms with Crippen molar-refractivity contribution in [2.75, 3.05) is 0 Å². The highest BCUT2D eigenvalue weighted by molar-refractivity contribution is 5.90. The molecule has 3 nitrogen and oxygen atoms in total. The van der Waals surface area contributed by atoms with E-state index in [1.165, 1.54) is 12.1 Å². The SMILES string of the molecule is Cn1cc(CC(=O)C(C)(C)c2ccc(F)cc2)cn1. The zero-order valence-electron chi connectivity index (χ0n) is 11.4. The van der Waals surface area contributed by atoms with Crippen LogP contribution in [0.1, 0.15) is 25.0 Å². The number of halogens is 1. The van der Waals surface area contributed by atoms with Gasteiger partial charge in [0.2, 0.25) is 0 Å². The average Bonchev–Trinajstić information content (AvgIpc) is 2.75. The predicted molar refractivity (Wildman–Crippen MR) is 71.3 cm³/mol. The number of hydrogen-bond acceptors (Lipinski definition) is 2. The zero-order chi connectivity index (χ0) is 14.0. The van der Waals surface area contributed by atoms with Gasteiger partial charge in [-0.05, 0) is 37.1 Å². The van der Waals surface area contributed by atoms with Crippen molar-refractivity contribution in [3.63, 3.8) is 0 Å². The van der Waals surface area contributed by atoms with Crippen LogP contribution in [0.4, 0.5) is 4.39 Å². The summed E-state index contributed by atoms with van der Waals surface area (Å²) in [6.45, 7) is 3.72. The summed E-state index contributed by atoms with van der Waals surface area (Å²) in [6.07, 6.45) is 3.86. The third-order valence-electron chi connectivity index (χ3n) is 3.39. The number of aryl methyl sites for hydroxylation is 1. The molecule has 0 bridgehead atoms. The maximum atomic E-state index is 12.9. The molecule has 19 heavy (non-hydrogen) atoms. The molecule has 1 heterocycles. The molecule has 2 aromatic rings. The third-order valence-corrected chi connectivity index (χ3v) is 3.39. The van der Waals surface area contributed by atoms with Crippen molar-refractivity contribution in [1.29, 1.82) is 0 Å². The fourth-order valence-electron chi connectivity index (χ4n) is 2.00. The third kappa shape index (κ3) is 2.89. The van der Waals surface area contributed by atoms with Gasteiger partial charge >= 0.3 is 0 Å². The van der Waals surface area contributed by atoms with Crippen molar-refractivity contribution in [2.24, 2.45) is 7.05 Å². The topological polar surface area (TPSA) is 34.9 Å². The molecular weight excluding hydrogens is 243 g/mol. The highest BCUT2D eigenvalue weighted by Crippen LogP contribution is 2.26. The minimum absolute atomic E-state index is 0.0899. The maximum absolute atomic E-state index is 12.9. The second kappa shape index (κ2) is 4.96. The van der Waals surface area contributed by atoms with Crippen LogP contribution in [-0.2, 0) is 23.7 Å². The second-order valence-corrected chi connectivity index (χ2v) is 5.25. The quantitative estimate of drug-likeness (QED) is 0.847. The van der Waals surface area contributed by atoms with Crippen molar-refractivity contribution in [3.05, 3.63) is 53.6 Å². The Balaban J connectivity index is 2.19. The molecule has 0 unspecified atom stereocenters. The highest BCUT2D eigenvalue weighted by atomic mass is 19.1. The van der Waals surface area contributed by atoms with Crippen LogP contribution in [0.15, 0.2) is 36.7 Å². The molecule has 0 amide bonds. The van der Waals surface area contributed by atoms with E-state index in [-0.39, 0.29) is 11.6 Å². The highest BCUT2D eigenvalue weighted by Gasteiger charge is 2.29. The van der Waals surface area contributed by atoms with Gasteiger partial charge in [-0.3, -0.25) is 9.48 Å². The van der Waals surface area contributed by atoms with E-state index in [1.807, 2.05) is 27.1 Å². The second-order valence-electron chi connectivity index (χ2n) is 5.25. The number of carbonyl (C=O) groups is 1. The molecular formula is C15H17FN2O. The molecule has 1 aromatic heterocycles. The lowest BCUT2D eigenvalue weighted by Gasteiger charge is -2.23. The van der Waals surface area contributed by atoms with Crippen LogP contribution < -0.4 is 0 Å². The smallest absolute Gasteiger partial charge is 0.147 e. The van der Waals surface area contributed by atoms with Gasteiger partial charge in [-0.2, -0.15) is 5.10 Å². The van der Waals surface area contributed by atoms with E-state index >= 15 is 0 Å². The van der Waals surface area contributed by atoms with Crippen LogP contribution in [0.2, 0.25) is 0 Å². The first-order chi connectivity index (χ1) is 8.89.